The van der Waals surface area contributed by atoms with Crippen molar-refractivity contribution in [1.29, 1.82) is 0 Å². The number of hydrogen-bond donors (Lipinski definition) is 1. The van der Waals surface area contributed by atoms with Crippen molar-refractivity contribution >= 4 is 35.1 Å². The first-order chi connectivity index (χ1) is 19.2. The maximum absolute atomic E-state index is 12.6. The van der Waals surface area contributed by atoms with E-state index in [0.717, 1.165) is 5.56 Å². The Morgan fingerprint density at radius 1 is 0.900 bits per heavy atom. The molecule has 1 aliphatic rings. The van der Waals surface area contributed by atoms with Crippen LogP contribution in [0.15, 0.2) is 72.8 Å². The van der Waals surface area contributed by atoms with Crippen molar-refractivity contribution in [2.45, 2.75) is 27.2 Å². The summed E-state index contributed by atoms with van der Waals surface area (Å²) in [5.41, 5.74) is 2.59. The number of hydrogen-bond acceptors (Lipinski definition) is 7. The minimum absolute atomic E-state index is 0.00353. The Hall–Kier alpha value is -4.66. The minimum Gasteiger partial charge on any atom is -0.462 e. The van der Waals surface area contributed by atoms with Gasteiger partial charge >= 0.3 is 11.9 Å². The van der Waals surface area contributed by atoms with Crippen molar-refractivity contribution in [3.63, 3.8) is 0 Å². The predicted octanol–water partition coefficient (Wildman–Crippen LogP) is 5.13. The molecule has 9 heteroatoms. The van der Waals surface area contributed by atoms with Crippen molar-refractivity contribution in [2.75, 3.05) is 30.0 Å². The fourth-order valence-corrected chi connectivity index (χ4v) is 4.02. The molecule has 1 N–H and O–H groups in total. The van der Waals surface area contributed by atoms with Gasteiger partial charge in [0.1, 0.15) is 11.5 Å². The molecule has 0 spiro atoms. The topological polar surface area (TPSA) is 111 Å². The van der Waals surface area contributed by atoms with Gasteiger partial charge in [-0.05, 0) is 73.5 Å². The number of ether oxygens (including phenoxy) is 3. The van der Waals surface area contributed by atoms with Crippen molar-refractivity contribution in [3.8, 4) is 11.5 Å². The van der Waals surface area contributed by atoms with Crippen molar-refractivity contribution in [2.24, 2.45) is 11.8 Å². The molecule has 2 amide bonds. The van der Waals surface area contributed by atoms with Crippen molar-refractivity contribution < 1.29 is 33.4 Å². The fourth-order valence-electron chi connectivity index (χ4n) is 4.02. The van der Waals surface area contributed by atoms with E-state index in [2.05, 4.69) is 5.32 Å². The number of rotatable bonds is 10. The van der Waals surface area contributed by atoms with E-state index in [9.17, 15) is 19.2 Å². The first-order valence-corrected chi connectivity index (χ1v) is 13.1. The molecule has 0 aliphatic carbocycles. The van der Waals surface area contributed by atoms with Crippen molar-refractivity contribution in [3.05, 3.63) is 83.9 Å². The summed E-state index contributed by atoms with van der Waals surface area (Å²) in [6.07, 6.45) is -0.00353. The molecule has 1 saturated heterocycles. The van der Waals surface area contributed by atoms with Gasteiger partial charge in [-0.3, -0.25) is 14.4 Å². The molecule has 9 nitrogen and oxygen atoms in total. The number of esters is 2. The van der Waals surface area contributed by atoms with E-state index in [4.69, 9.17) is 14.2 Å². The van der Waals surface area contributed by atoms with Gasteiger partial charge in [0.2, 0.25) is 5.91 Å². The zero-order valence-corrected chi connectivity index (χ0v) is 22.7. The highest BCUT2D eigenvalue weighted by molar-refractivity contribution is 6.00. The number of nitrogens with one attached hydrogen (secondary N) is 1. The lowest BCUT2D eigenvalue weighted by Crippen LogP contribution is -2.28. The number of carbonyl (C=O) groups excluding carboxylic acids is 4. The quantitative estimate of drug-likeness (QED) is 0.352. The zero-order valence-electron chi connectivity index (χ0n) is 22.7. The van der Waals surface area contributed by atoms with Crippen LogP contribution in [0.25, 0.3) is 0 Å². The van der Waals surface area contributed by atoms with E-state index in [1.165, 1.54) is 4.90 Å². The molecule has 3 aromatic carbocycles. The van der Waals surface area contributed by atoms with Crippen molar-refractivity contribution in [1.82, 2.24) is 0 Å². The largest absolute Gasteiger partial charge is 0.462 e. The summed E-state index contributed by atoms with van der Waals surface area (Å²) in [6.45, 7) is 5.88. The zero-order chi connectivity index (χ0) is 28.6. The average molecular weight is 545 g/mol. The Morgan fingerprint density at radius 2 is 1.52 bits per heavy atom. The average Bonchev–Trinajstić information content (AvgIpc) is 3.34. The number of aryl methyl sites for hydroxylation is 1. The Morgan fingerprint density at radius 3 is 2.15 bits per heavy atom. The second-order valence-corrected chi connectivity index (χ2v) is 10.0. The third-order valence-electron chi connectivity index (χ3n) is 6.16. The van der Waals surface area contributed by atoms with Gasteiger partial charge in [-0.2, -0.15) is 0 Å². The second kappa shape index (κ2) is 12.9. The van der Waals surface area contributed by atoms with E-state index in [1.807, 2.05) is 45.0 Å². The number of amides is 2. The summed E-state index contributed by atoms with van der Waals surface area (Å²) in [5.74, 6) is -0.907. The van der Waals surface area contributed by atoms with Gasteiger partial charge in [-0.25, -0.2) is 4.79 Å². The first-order valence-electron chi connectivity index (χ1n) is 13.1. The second-order valence-electron chi connectivity index (χ2n) is 10.0. The first kappa shape index (κ1) is 28.4. The van der Waals surface area contributed by atoms with E-state index < -0.39 is 30.4 Å². The van der Waals surface area contributed by atoms with Gasteiger partial charge in [0.25, 0.3) is 5.91 Å². The number of benzene rings is 3. The van der Waals surface area contributed by atoms with Gasteiger partial charge < -0.3 is 24.4 Å². The van der Waals surface area contributed by atoms with Gasteiger partial charge in [-0.15, -0.1) is 0 Å². The number of nitrogens with zero attached hydrogens (tertiary/aromatic N) is 1. The molecule has 40 heavy (non-hydrogen) atoms. The third-order valence-corrected chi connectivity index (χ3v) is 6.16. The molecule has 4 rings (SSSR count). The van der Waals surface area contributed by atoms with Gasteiger partial charge in [0.15, 0.2) is 6.61 Å². The summed E-state index contributed by atoms with van der Waals surface area (Å²) in [6, 6.07) is 21.0. The molecule has 3 aromatic rings. The highest BCUT2D eigenvalue weighted by atomic mass is 16.5. The predicted molar refractivity (Wildman–Crippen MR) is 149 cm³/mol. The standard InChI is InChI=1S/C31H32N2O7/c1-20(2)18-38-30(36)22-6-8-24(9-7-22)32-28(34)19-39-31(37)23-16-29(35)33(17-23)25-10-14-27(15-11-25)40-26-12-4-21(3)5-13-26/h4-15,20,23H,16-19H2,1-3H3,(H,32,34)/t23-/m0/s1. The van der Waals surface area contributed by atoms with E-state index in [0.29, 0.717) is 35.0 Å². The summed E-state index contributed by atoms with van der Waals surface area (Å²) in [5, 5.41) is 2.62. The van der Waals surface area contributed by atoms with Gasteiger partial charge in [-0.1, -0.05) is 31.5 Å². The summed E-state index contributed by atoms with van der Waals surface area (Å²) in [7, 11) is 0. The lowest BCUT2D eigenvalue weighted by Gasteiger charge is -2.17. The van der Waals surface area contributed by atoms with Crippen LogP contribution in [0, 0.1) is 18.8 Å². The van der Waals surface area contributed by atoms with Gasteiger partial charge in [0.05, 0.1) is 18.1 Å². The smallest absolute Gasteiger partial charge is 0.338 e. The molecular formula is C31H32N2O7. The molecule has 0 saturated carbocycles. The lowest BCUT2D eigenvalue weighted by molar-refractivity contribution is -0.151. The molecule has 1 atom stereocenters. The van der Waals surface area contributed by atoms with Crippen LogP contribution in [0.1, 0.15) is 36.2 Å². The normalized spacial score (nSPS) is 14.7. The molecule has 1 aliphatic heterocycles. The number of carbonyl (C=O) groups is 4. The van der Waals surface area contributed by atoms with Crippen LogP contribution in [-0.4, -0.2) is 43.5 Å². The monoisotopic (exact) mass is 544 g/mol. The fraction of sp³-hybridized carbons (Fsp3) is 0.290. The van der Waals surface area contributed by atoms with Gasteiger partial charge in [0, 0.05) is 24.3 Å². The molecule has 0 bridgehead atoms. The molecule has 0 aromatic heterocycles. The van der Waals surface area contributed by atoms with Crippen LogP contribution in [0.2, 0.25) is 0 Å². The third kappa shape index (κ3) is 7.69. The highest BCUT2D eigenvalue weighted by Crippen LogP contribution is 2.29. The molecular weight excluding hydrogens is 512 g/mol. The Bertz CT molecular complexity index is 1350. The van der Waals surface area contributed by atoms with E-state index in [1.54, 1.807) is 48.5 Å². The van der Waals surface area contributed by atoms with Crippen LogP contribution in [0.4, 0.5) is 11.4 Å². The van der Waals surface area contributed by atoms with E-state index in [-0.39, 0.29) is 24.8 Å². The van der Waals surface area contributed by atoms with E-state index >= 15 is 0 Å². The van der Waals surface area contributed by atoms with Crippen LogP contribution in [0.3, 0.4) is 0 Å². The molecule has 1 heterocycles. The molecule has 208 valence electrons. The van der Waals surface area contributed by atoms with Crippen LogP contribution < -0.4 is 15.0 Å². The summed E-state index contributed by atoms with van der Waals surface area (Å²) < 4.78 is 16.2. The molecule has 0 radical (unpaired) electrons. The Labute approximate surface area is 233 Å². The molecule has 0 unspecified atom stereocenters. The maximum Gasteiger partial charge on any atom is 0.338 e. The molecule has 1 fully saturated rings. The maximum atomic E-state index is 12.6. The van der Waals surface area contributed by atoms with Crippen LogP contribution in [0.5, 0.6) is 11.5 Å². The lowest BCUT2D eigenvalue weighted by atomic mass is 10.1. The summed E-state index contributed by atoms with van der Waals surface area (Å²) >= 11 is 0. The summed E-state index contributed by atoms with van der Waals surface area (Å²) in [4.78, 5) is 51.0. The highest BCUT2D eigenvalue weighted by Gasteiger charge is 2.36. The Balaban J connectivity index is 1.23. The SMILES string of the molecule is Cc1ccc(Oc2ccc(N3C[C@@H](C(=O)OCC(=O)Nc4ccc(C(=O)OCC(C)C)cc4)CC3=O)cc2)cc1. The minimum atomic E-state index is -0.681. The van der Waals surface area contributed by atoms with Crippen LogP contribution in [-0.2, 0) is 23.9 Å². The number of anilines is 2. The Kier molecular flexibility index (Phi) is 9.16. The van der Waals surface area contributed by atoms with Crippen LogP contribution >= 0.6 is 0 Å².